The van der Waals surface area contributed by atoms with Gasteiger partial charge in [-0.2, -0.15) is 13.2 Å². The second-order valence-electron chi connectivity index (χ2n) is 3.90. The molecule has 18 heavy (non-hydrogen) atoms. The van der Waals surface area contributed by atoms with E-state index in [0.29, 0.717) is 17.4 Å². The Morgan fingerprint density at radius 2 is 2.06 bits per heavy atom. The molecule has 0 bridgehead atoms. The predicted octanol–water partition coefficient (Wildman–Crippen LogP) is 3.39. The Morgan fingerprint density at radius 1 is 1.33 bits per heavy atom. The number of urea groups is 1. The summed E-state index contributed by atoms with van der Waals surface area (Å²) in [5.74, 6) is 0. The number of rotatable bonds is 1. The fourth-order valence-corrected chi connectivity index (χ4v) is 2.19. The van der Waals surface area contributed by atoms with Crippen LogP contribution in [-0.2, 0) is 6.18 Å². The lowest BCUT2D eigenvalue weighted by Gasteiger charge is -2.29. The van der Waals surface area contributed by atoms with Gasteiger partial charge >= 0.3 is 12.2 Å². The second kappa shape index (κ2) is 4.79. The van der Waals surface area contributed by atoms with Crippen molar-refractivity contribution in [2.45, 2.75) is 12.6 Å². The number of alkyl halides is 3. The van der Waals surface area contributed by atoms with Gasteiger partial charge in [-0.1, -0.05) is 15.9 Å². The molecule has 1 aliphatic heterocycles. The molecular formula is C11H10BrF3N2O. The summed E-state index contributed by atoms with van der Waals surface area (Å²) in [5, 5.41) is 2.53. The van der Waals surface area contributed by atoms with Gasteiger partial charge in [-0.25, -0.2) is 4.79 Å². The van der Waals surface area contributed by atoms with Gasteiger partial charge in [-0.3, -0.25) is 4.90 Å². The van der Waals surface area contributed by atoms with Gasteiger partial charge < -0.3 is 5.32 Å². The van der Waals surface area contributed by atoms with Crippen molar-refractivity contribution in [3.8, 4) is 0 Å². The molecule has 0 radical (unpaired) electrons. The molecule has 0 spiro atoms. The summed E-state index contributed by atoms with van der Waals surface area (Å²) in [6.07, 6.45) is -3.87. The molecule has 1 aromatic rings. The van der Waals surface area contributed by atoms with Gasteiger partial charge in [-0.05, 0) is 24.6 Å². The number of hydrogen-bond acceptors (Lipinski definition) is 1. The Labute approximate surface area is 110 Å². The van der Waals surface area contributed by atoms with Gasteiger partial charge in [0.1, 0.15) is 0 Å². The summed E-state index contributed by atoms with van der Waals surface area (Å²) in [4.78, 5) is 12.7. The molecule has 1 aliphatic rings. The van der Waals surface area contributed by atoms with E-state index >= 15 is 0 Å². The van der Waals surface area contributed by atoms with Crippen molar-refractivity contribution in [1.82, 2.24) is 5.32 Å². The maximum absolute atomic E-state index is 12.9. The van der Waals surface area contributed by atoms with E-state index in [0.717, 1.165) is 11.0 Å². The van der Waals surface area contributed by atoms with Crippen molar-refractivity contribution >= 4 is 27.6 Å². The first-order valence-electron chi connectivity index (χ1n) is 5.32. The standard InChI is InChI=1S/C11H10BrF3N2O/c12-7-2-3-9(8(6-7)11(13,14)15)17-5-1-4-16-10(17)18/h2-3,6H,1,4-5H2,(H,16,18). The zero-order chi connectivity index (χ0) is 13.3. The average molecular weight is 323 g/mol. The van der Waals surface area contributed by atoms with Gasteiger partial charge in [0, 0.05) is 17.6 Å². The minimum Gasteiger partial charge on any atom is -0.338 e. The van der Waals surface area contributed by atoms with Crippen molar-refractivity contribution < 1.29 is 18.0 Å². The molecule has 98 valence electrons. The van der Waals surface area contributed by atoms with E-state index in [9.17, 15) is 18.0 Å². The zero-order valence-corrected chi connectivity index (χ0v) is 10.8. The van der Waals surface area contributed by atoms with Crippen LogP contribution in [0.2, 0.25) is 0 Å². The van der Waals surface area contributed by atoms with Crippen LogP contribution >= 0.6 is 15.9 Å². The minimum atomic E-state index is -4.49. The van der Waals surface area contributed by atoms with Crippen LogP contribution in [0.15, 0.2) is 22.7 Å². The Hall–Kier alpha value is -1.24. The quantitative estimate of drug-likeness (QED) is 0.844. The van der Waals surface area contributed by atoms with Crippen LogP contribution < -0.4 is 10.2 Å². The van der Waals surface area contributed by atoms with Crippen molar-refractivity contribution in [2.24, 2.45) is 0 Å². The Kier molecular flexibility index (Phi) is 3.52. The molecule has 7 heteroatoms. The molecule has 1 saturated heterocycles. The number of hydrogen-bond donors (Lipinski definition) is 1. The maximum atomic E-state index is 12.9. The third-order valence-electron chi connectivity index (χ3n) is 2.63. The van der Waals surface area contributed by atoms with Crippen molar-refractivity contribution in [3.05, 3.63) is 28.2 Å². The monoisotopic (exact) mass is 322 g/mol. The van der Waals surface area contributed by atoms with Crippen molar-refractivity contribution in [2.75, 3.05) is 18.0 Å². The number of halogens is 4. The maximum Gasteiger partial charge on any atom is 0.418 e. The summed E-state index contributed by atoms with van der Waals surface area (Å²) in [6, 6.07) is 3.29. The number of amides is 2. The van der Waals surface area contributed by atoms with Crippen LogP contribution in [-0.4, -0.2) is 19.1 Å². The highest BCUT2D eigenvalue weighted by atomic mass is 79.9. The lowest BCUT2D eigenvalue weighted by Crippen LogP contribution is -2.47. The van der Waals surface area contributed by atoms with E-state index in [-0.39, 0.29) is 12.2 Å². The molecule has 3 nitrogen and oxygen atoms in total. The lowest BCUT2D eigenvalue weighted by molar-refractivity contribution is -0.137. The molecule has 2 amide bonds. The molecule has 0 aromatic heterocycles. The molecule has 1 fully saturated rings. The Balaban J connectivity index is 2.46. The van der Waals surface area contributed by atoms with Crippen LogP contribution in [0.5, 0.6) is 0 Å². The number of benzene rings is 1. The zero-order valence-electron chi connectivity index (χ0n) is 9.22. The fraction of sp³-hybridized carbons (Fsp3) is 0.364. The lowest BCUT2D eigenvalue weighted by atomic mass is 10.1. The molecule has 0 atom stereocenters. The van der Waals surface area contributed by atoms with Gasteiger partial charge in [0.2, 0.25) is 0 Å². The summed E-state index contributed by atoms with van der Waals surface area (Å²) in [5.41, 5.74) is -0.920. The van der Waals surface area contributed by atoms with Gasteiger partial charge in [0.15, 0.2) is 0 Å². The summed E-state index contributed by atoms with van der Waals surface area (Å²) >= 11 is 3.01. The third-order valence-corrected chi connectivity index (χ3v) is 3.13. The van der Waals surface area contributed by atoms with E-state index in [1.807, 2.05) is 0 Å². The largest absolute Gasteiger partial charge is 0.418 e. The molecular weight excluding hydrogens is 313 g/mol. The highest BCUT2D eigenvalue weighted by Crippen LogP contribution is 2.38. The number of nitrogens with zero attached hydrogens (tertiary/aromatic N) is 1. The third kappa shape index (κ3) is 2.60. The van der Waals surface area contributed by atoms with E-state index in [1.165, 1.54) is 12.1 Å². The SMILES string of the molecule is O=C1NCCCN1c1ccc(Br)cc1C(F)(F)F. The Morgan fingerprint density at radius 3 is 2.67 bits per heavy atom. The summed E-state index contributed by atoms with van der Waals surface area (Å²) < 4.78 is 39.1. The van der Waals surface area contributed by atoms with E-state index in [4.69, 9.17) is 0 Å². The molecule has 0 aliphatic carbocycles. The van der Waals surface area contributed by atoms with Gasteiger partial charge in [-0.15, -0.1) is 0 Å². The average Bonchev–Trinajstić information content (AvgIpc) is 2.29. The van der Waals surface area contributed by atoms with Crippen LogP contribution in [0.3, 0.4) is 0 Å². The molecule has 1 heterocycles. The van der Waals surface area contributed by atoms with Crippen LogP contribution in [0.25, 0.3) is 0 Å². The predicted molar refractivity (Wildman–Crippen MR) is 64.5 cm³/mol. The molecule has 2 rings (SSSR count). The van der Waals surface area contributed by atoms with E-state index < -0.39 is 17.8 Å². The van der Waals surface area contributed by atoms with Crippen molar-refractivity contribution in [3.63, 3.8) is 0 Å². The first kappa shape index (κ1) is 13.2. The second-order valence-corrected chi connectivity index (χ2v) is 4.81. The number of anilines is 1. The number of nitrogens with one attached hydrogen (secondary N) is 1. The smallest absolute Gasteiger partial charge is 0.338 e. The summed E-state index contributed by atoms with van der Waals surface area (Å²) in [7, 11) is 0. The van der Waals surface area contributed by atoms with Gasteiger partial charge in [0.25, 0.3) is 0 Å². The van der Waals surface area contributed by atoms with Crippen molar-refractivity contribution in [1.29, 1.82) is 0 Å². The topological polar surface area (TPSA) is 32.3 Å². The first-order valence-corrected chi connectivity index (χ1v) is 6.11. The highest BCUT2D eigenvalue weighted by Gasteiger charge is 2.36. The highest BCUT2D eigenvalue weighted by molar-refractivity contribution is 9.10. The number of carbonyl (C=O) groups excluding carboxylic acids is 1. The Bertz CT molecular complexity index is 476. The summed E-state index contributed by atoms with van der Waals surface area (Å²) in [6.45, 7) is 0.782. The molecule has 1 aromatic carbocycles. The van der Waals surface area contributed by atoms with Gasteiger partial charge in [0.05, 0.1) is 11.3 Å². The molecule has 1 N–H and O–H groups in total. The van der Waals surface area contributed by atoms with E-state index in [1.54, 1.807) is 0 Å². The molecule has 0 unspecified atom stereocenters. The van der Waals surface area contributed by atoms with E-state index in [2.05, 4.69) is 21.2 Å². The normalized spacial score (nSPS) is 16.7. The first-order chi connectivity index (χ1) is 8.39. The van der Waals surface area contributed by atoms with Crippen LogP contribution in [0, 0.1) is 0 Å². The van der Waals surface area contributed by atoms with Crippen LogP contribution in [0.4, 0.5) is 23.7 Å². The molecule has 0 saturated carbocycles. The number of carbonyl (C=O) groups is 1. The fourth-order valence-electron chi connectivity index (χ4n) is 1.83. The van der Waals surface area contributed by atoms with Crippen LogP contribution in [0.1, 0.15) is 12.0 Å². The minimum absolute atomic E-state index is 0.108.